The van der Waals surface area contributed by atoms with Gasteiger partial charge in [-0.3, -0.25) is 0 Å². The number of nitrogens with zero attached hydrogens (tertiary/aromatic N) is 6. The Morgan fingerprint density at radius 1 is 1.18 bits per heavy atom. The van der Waals surface area contributed by atoms with Crippen LogP contribution in [0.5, 0.6) is 0 Å². The number of anilines is 2. The molecule has 0 aliphatic carbocycles. The number of hydrogen-bond donors (Lipinski definition) is 1. The third-order valence-electron chi connectivity index (χ3n) is 5.23. The Kier molecular flexibility index (Phi) is 6.47. The Morgan fingerprint density at radius 3 is 2.68 bits per heavy atom. The van der Waals surface area contributed by atoms with Gasteiger partial charge in [0, 0.05) is 11.6 Å². The highest BCUT2D eigenvalue weighted by Gasteiger charge is 2.21. The van der Waals surface area contributed by atoms with Crippen LogP contribution in [0.3, 0.4) is 0 Å². The fourth-order valence-electron chi connectivity index (χ4n) is 3.69. The van der Waals surface area contributed by atoms with Crippen molar-refractivity contribution in [1.29, 1.82) is 5.26 Å². The van der Waals surface area contributed by atoms with Gasteiger partial charge in [-0.1, -0.05) is 23.4 Å². The van der Waals surface area contributed by atoms with Crippen LogP contribution in [-0.4, -0.2) is 43.6 Å². The van der Waals surface area contributed by atoms with Gasteiger partial charge >= 0.3 is 5.97 Å². The van der Waals surface area contributed by atoms with E-state index in [0.29, 0.717) is 16.8 Å². The van der Waals surface area contributed by atoms with E-state index in [-0.39, 0.29) is 23.6 Å². The van der Waals surface area contributed by atoms with Gasteiger partial charge in [-0.2, -0.15) is 15.0 Å². The van der Waals surface area contributed by atoms with Gasteiger partial charge in [-0.15, -0.1) is 0 Å². The molecule has 10 heteroatoms. The maximum Gasteiger partial charge on any atom is 0.343 e. The summed E-state index contributed by atoms with van der Waals surface area (Å²) in [6, 6.07) is 8.24. The number of fused-ring (bicyclic) bond motifs is 1. The molecule has 0 bridgehead atoms. The molecule has 1 aromatic carbocycles. The number of nitrogens with one attached hydrogen (secondary N) is 1. The minimum Gasteiger partial charge on any atom is -0.462 e. The zero-order valence-corrected chi connectivity index (χ0v) is 20.3. The molecule has 0 fully saturated rings. The molecule has 3 heterocycles. The molecule has 0 unspecified atom stereocenters. The molecule has 1 N–H and O–H groups in total. The molecule has 4 aromatic rings. The maximum absolute atomic E-state index is 12.5. The third kappa shape index (κ3) is 4.30. The van der Waals surface area contributed by atoms with Gasteiger partial charge in [0.2, 0.25) is 0 Å². The summed E-state index contributed by atoms with van der Waals surface area (Å²) in [6.45, 7) is 8.03. The van der Waals surface area contributed by atoms with Crippen LogP contribution in [-0.2, 0) is 4.74 Å². The Labute approximate surface area is 201 Å². The van der Waals surface area contributed by atoms with Crippen LogP contribution in [0.1, 0.15) is 39.5 Å². The van der Waals surface area contributed by atoms with Crippen molar-refractivity contribution in [3.05, 3.63) is 58.4 Å². The van der Waals surface area contributed by atoms with Crippen LogP contribution in [0.25, 0.3) is 16.7 Å². The normalized spacial score (nSPS) is 10.8. The topological polar surface area (TPSA) is 119 Å². The standard InChI is InChI=1S/C24H23N7O2S/c1-6-33-23(32)18-12-26-24(34-5)30-21(18)29-22-16(10-25)11-27-31(22)19-9-14(3)17-8-13(2)7-15(4)20(17)28-19/h7-9,11-12H,6H2,1-5H3,(H,26,29,30). The second-order valence-electron chi connectivity index (χ2n) is 7.67. The highest BCUT2D eigenvalue weighted by molar-refractivity contribution is 7.98. The number of thioether (sulfide) groups is 1. The highest BCUT2D eigenvalue weighted by atomic mass is 32.2. The number of aromatic nitrogens is 5. The molecule has 9 nitrogen and oxygen atoms in total. The Balaban J connectivity index is 1.87. The molecule has 0 aliphatic rings. The van der Waals surface area contributed by atoms with Crippen LogP contribution >= 0.6 is 11.8 Å². The molecular formula is C24H23N7O2S. The first-order valence-corrected chi connectivity index (χ1v) is 11.8. The largest absolute Gasteiger partial charge is 0.462 e. The predicted octanol–water partition coefficient (Wildman–Crippen LogP) is 4.65. The van der Waals surface area contributed by atoms with Crippen molar-refractivity contribution >= 4 is 40.3 Å². The summed E-state index contributed by atoms with van der Waals surface area (Å²) in [7, 11) is 0. The highest BCUT2D eigenvalue weighted by Crippen LogP contribution is 2.29. The summed E-state index contributed by atoms with van der Waals surface area (Å²) in [5.41, 5.74) is 4.54. The number of ether oxygens (including phenoxy) is 1. The van der Waals surface area contributed by atoms with Crippen LogP contribution in [0.2, 0.25) is 0 Å². The average Bonchev–Trinajstić information content (AvgIpc) is 3.22. The lowest BCUT2D eigenvalue weighted by molar-refractivity contribution is 0.0526. The maximum atomic E-state index is 12.5. The third-order valence-corrected chi connectivity index (χ3v) is 5.79. The first-order chi connectivity index (χ1) is 16.4. The van der Waals surface area contributed by atoms with E-state index in [4.69, 9.17) is 9.72 Å². The summed E-state index contributed by atoms with van der Waals surface area (Å²) in [6.07, 6.45) is 4.70. The van der Waals surface area contributed by atoms with E-state index >= 15 is 0 Å². The number of carbonyl (C=O) groups is 1. The molecule has 0 amide bonds. The van der Waals surface area contributed by atoms with Crippen LogP contribution in [0, 0.1) is 32.1 Å². The van der Waals surface area contributed by atoms with Gasteiger partial charge in [-0.05, 0) is 57.2 Å². The molecule has 0 aliphatic heterocycles. The van der Waals surface area contributed by atoms with Crippen molar-refractivity contribution in [3.63, 3.8) is 0 Å². The van der Waals surface area contributed by atoms with Crippen molar-refractivity contribution in [3.8, 4) is 11.9 Å². The minimum atomic E-state index is -0.562. The second kappa shape index (κ2) is 9.49. The molecular weight excluding hydrogens is 450 g/mol. The van der Waals surface area contributed by atoms with Gasteiger partial charge in [0.1, 0.15) is 17.2 Å². The number of hydrogen-bond acceptors (Lipinski definition) is 9. The molecule has 0 saturated carbocycles. The van der Waals surface area contributed by atoms with E-state index in [2.05, 4.69) is 45.5 Å². The zero-order chi connectivity index (χ0) is 24.4. The van der Waals surface area contributed by atoms with Crippen molar-refractivity contribution in [2.75, 3.05) is 18.2 Å². The summed E-state index contributed by atoms with van der Waals surface area (Å²) in [5, 5.41) is 18.8. The lowest BCUT2D eigenvalue weighted by Gasteiger charge is -2.14. The van der Waals surface area contributed by atoms with Crippen LogP contribution in [0.4, 0.5) is 11.6 Å². The summed E-state index contributed by atoms with van der Waals surface area (Å²) in [4.78, 5) is 26.0. The molecule has 4 rings (SSSR count). The van der Waals surface area contributed by atoms with Crippen molar-refractivity contribution in [1.82, 2.24) is 24.7 Å². The Hall–Kier alpha value is -3.97. The van der Waals surface area contributed by atoms with E-state index in [0.717, 1.165) is 27.6 Å². The fraction of sp³-hybridized carbons (Fsp3) is 0.250. The van der Waals surface area contributed by atoms with Crippen molar-refractivity contribution in [2.24, 2.45) is 0 Å². The lowest BCUT2D eigenvalue weighted by atomic mass is 10.0. The van der Waals surface area contributed by atoms with Gasteiger partial charge in [-0.25, -0.2) is 19.7 Å². The Bertz CT molecular complexity index is 1460. The first kappa shape index (κ1) is 23.2. The van der Waals surface area contributed by atoms with Crippen molar-refractivity contribution < 1.29 is 9.53 Å². The molecule has 34 heavy (non-hydrogen) atoms. The molecule has 0 radical (unpaired) electrons. The molecule has 0 saturated heterocycles. The number of aryl methyl sites for hydroxylation is 3. The van der Waals surface area contributed by atoms with Crippen LogP contribution in [0.15, 0.2) is 35.7 Å². The van der Waals surface area contributed by atoms with E-state index in [1.54, 1.807) is 11.6 Å². The smallest absolute Gasteiger partial charge is 0.343 e. The number of pyridine rings is 1. The van der Waals surface area contributed by atoms with E-state index < -0.39 is 5.97 Å². The second-order valence-corrected chi connectivity index (χ2v) is 8.44. The Morgan fingerprint density at radius 2 is 1.97 bits per heavy atom. The molecule has 0 atom stereocenters. The van der Waals surface area contributed by atoms with Crippen LogP contribution < -0.4 is 5.32 Å². The SMILES string of the molecule is CCOC(=O)c1cnc(SC)nc1Nc1c(C#N)cnn1-c1cc(C)c2cc(C)cc(C)c2n1. The number of benzene rings is 1. The average molecular weight is 474 g/mol. The molecule has 0 spiro atoms. The number of rotatable bonds is 6. The van der Waals surface area contributed by atoms with Gasteiger partial charge in [0.15, 0.2) is 22.6 Å². The number of carbonyl (C=O) groups excluding carboxylic acids is 1. The van der Waals surface area contributed by atoms with E-state index in [9.17, 15) is 10.1 Å². The lowest BCUT2D eigenvalue weighted by Crippen LogP contribution is -2.13. The zero-order valence-electron chi connectivity index (χ0n) is 19.5. The minimum absolute atomic E-state index is 0.158. The van der Waals surface area contributed by atoms with Crippen molar-refractivity contribution in [2.45, 2.75) is 32.9 Å². The predicted molar refractivity (Wildman–Crippen MR) is 131 cm³/mol. The number of nitriles is 1. The first-order valence-electron chi connectivity index (χ1n) is 10.6. The fourth-order valence-corrected chi connectivity index (χ4v) is 4.03. The van der Waals surface area contributed by atoms with E-state index in [1.807, 2.05) is 26.2 Å². The van der Waals surface area contributed by atoms with Gasteiger partial charge in [0.05, 0.1) is 18.3 Å². The summed E-state index contributed by atoms with van der Waals surface area (Å²) >= 11 is 1.33. The summed E-state index contributed by atoms with van der Waals surface area (Å²) in [5.74, 6) is 0.542. The monoisotopic (exact) mass is 473 g/mol. The van der Waals surface area contributed by atoms with E-state index in [1.165, 1.54) is 24.2 Å². The summed E-state index contributed by atoms with van der Waals surface area (Å²) < 4.78 is 6.70. The quantitative estimate of drug-likeness (QED) is 0.242. The molecule has 3 aromatic heterocycles. The van der Waals surface area contributed by atoms with Gasteiger partial charge in [0.25, 0.3) is 0 Å². The van der Waals surface area contributed by atoms with Gasteiger partial charge < -0.3 is 10.1 Å². The molecule has 172 valence electrons. The number of esters is 1.